The molecule has 8 rings (SSSR count). The van der Waals surface area contributed by atoms with Crippen LogP contribution in [0.2, 0.25) is 0 Å². The average molecular weight is 477 g/mol. The first-order valence-electron chi connectivity index (χ1n) is 11.3. The normalized spacial score (nSPS) is 14.1. The quantitative estimate of drug-likeness (QED) is 0.333. The van der Waals surface area contributed by atoms with Crippen LogP contribution in [0.5, 0.6) is 0 Å². The van der Waals surface area contributed by atoms with Crippen LogP contribution in [-0.2, 0) is 0 Å². The number of carbonyl (C=O) groups is 1. The minimum atomic E-state index is 0.0493. The van der Waals surface area contributed by atoms with Crippen LogP contribution in [0.15, 0.2) is 55.1 Å². The number of rotatable bonds is 1. The summed E-state index contributed by atoms with van der Waals surface area (Å²) in [6.07, 6.45) is 8.93. The highest BCUT2D eigenvalue weighted by Crippen LogP contribution is 2.34. The fourth-order valence-corrected chi connectivity index (χ4v) is 5.66. The lowest BCUT2D eigenvalue weighted by Crippen LogP contribution is -2.12. The van der Waals surface area contributed by atoms with E-state index in [1.165, 1.54) is 11.3 Å². The number of aromatic amines is 2. The van der Waals surface area contributed by atoms with Gasteiger partial charge in [0.1, 0.15) is 21.4 Å². The number of H-pyrrole nitrogens is 2. The third kappa shape index (κ3) is 2.80. The molecule has 0 unspecified atom stereocenters. The second-order valence-corrected chi connectivity index (χ2v) is 9.91. The summed E-state index contributed by atoms with van der Waals surface area (Å²) in [6, 6.07) is 9.92. The molecule has 0 radical (unpaired) electrons. The van der Waals surface area contributed by atoms with E-state index in [2.05, 4.69) is 30.1 Å². The largest absolute Gasteiger partial charge is 0.336 e. The Labute approximate surface area is 200 Å². The van der Waals surface area contributed by atoms with Gasteiger partial charge >= 0.3 is 0 Å². The number of nitrogens with zero attached hydrogens (tertiary/aromatic N) is 6. The van der Waals surface area contributed by atoms with Crippen molar-refractivity contribution in [2.75, 3.05) is 0 Å². The van der Waals surface area contributed by atoms with Gasteiger partial charge in [-0.2, -0.15) is 5.10 Å². The third-order valence-electron chi connectivity index (χ3n) is 6.55. The van der Waals surface area contributed by atoms with Crippen LogP contribution in [0.1, 0.15) is 17.6 Å². The van der Waals surface area contributed by atoms with Gasteiger partial charge in [0.25, 0.3) is 0 Å². The van der Waals surface area contributed by atoms with Gasteiger partial charge in [0.05, 0.1) is 27.3 Å². The molecule has 9 nitrogen and oxygen atoms in total. The van der Waals surface area contributed by atoms with Gasteiger partial charge in [0.15, 0.2) is 11.3 Å². The second-order valence-electron chi connectivity index (χ2n) is 8.85. The molecule has 0 aliphatic heterocycles. The zero-order chi connectivity index (χ0) is 23.1. The number of carbonyl (C=O) groups excluding carboxylic acids is 1. The molecule has 1 aliphatic carbocycles. The van der Waals surface area contributed by atoms with E-state index in [-0.39, 0.29) is 11.8 Å². The van der Waals surface area contributed by atoms with E-state index in [0.29, 0.717) is 16.8 Å². The lowest BCUT2D eigenvalue weighted by molar-refractivity contribution is 0.0896. The number of nitrogens with one attached hydrogen (secondary N) is 2. The average Bonchev–Trinajstić information content (AvgIpc) is 3.26. The highest BCUT2D eigenvalue weighted by Gasteiger charge is 2.31. The van der Waals surface area contributed by atoms with E-state index in [1.807, 2.05) is 30.3 Å². The van der Waals surface area contributed by atoms with Crippen molar-refractivity contribution in [3.8, 4) is 0 Å². The molecule has 0 aromatic carbocycles. The molecule has 1 fully saturated rings. The summed E-state index contributed by atoms with van der Waals surface area (Å²) in [5.41, 5.74) is 5.13. The summed E-state index contributed by atoms with van der Waals surface area (Å²) in [7, 11) is 0. The molecule has 7 aromatic rings. The van der Waals surface area contributed by atoms with Gasteiger partial charge in [-0.3, -0.25) is 24.4 Å². The Hall–Kier alpha value is -4.44. The van der Waals surface area contributed by atoms with Gasteiger partial charge in [-0.25, -0.2) is 9.97 Å². The third-order valence-corrected chi connectivity index (χ3v) is 7.63. The van der Waals surface area contributed by atoms with Crippen molar-refractivity contribution in [2.24, 2.45) is 5.92 Å². The molecule has 0 atom stereocenters. The lowest BCUT2D eigenvalue weighted by Gasteiger charge is -2.06. The van der Waals surface area contributed by atoms with Crippen molar-refractivity contribution in [1.29, 1.82) is 0 Å². The summed E-state index contributed by atoms with van der Waals surface area (Å²) in [6.45, 7) is 0. The Bertz CT molecular complexity index is 2060. The highest BCUT2D eigenvalue weighted by molar-refractivity contribution is 7.24. The summed E-state index contributed by atoms with van der Waals surface area (Å²) < 4.78 is 2.73. The fourth-order valence-electron chi connectivity index (χ4n) is 4.63. The Morgan fingerprint density at radius 3 is 2.80 bits per heavy atom. The standard InChI is InChI=1S/C25H16N8OS/c34-25(12-1-2-12)33-15-7-13(9-26-11-15)14-8-16-20(31-32-23(16)28-10-14)24-29-17-5-6-27-22(21(17)30-24)18-3-4-19(33)35-18/h3-12H,1-2H2,(H,29,30)(H,28,31,32). The van der Waals surface area contributed by atoms with Crippen LogP contribution in [-0.4, -0.2) is 45.6 Å². The minimum Gasteiger partial charge on any atom is -0.336 e. The summed E-state index contributed by atoms with van der Waals surface area (Å²) >= 11 is 1.53. The van der Waals surface area contributed by atoms with E-state index in [0.717, 1.165) is 60.6 Å². The van der Waals surface area contributed by atoms with E-state index in [1.54, 1.807) is 29.4 Å². The first kappa shape index (κ1) is 18.9. The molecule has 168 valence electrons. The zero-order valence-corrected chi connectivity index (χ0v) is 19.0. The molecule has 2 N–H and O–H groups in total. The van der Waals surface area contributed by atoms with Crippen LogP contribution in [0.25, 0.3) is 64.6 Å². The molecule has 1 aliphatic rings. The molecule has 0 spiro atoms. The number of aromatic nitrogens is 8. The van der Waals surface area contributed by atoms with Crippen molar-refractivity contribution in [1.82, 2.24) is 39.7 Å². The van der Waals surface area contributed by atoms with Gasteiger partial charge in [-0.15, -0.1) is 11.3 Å². The van der Waals surface area contributed by atoms with Crippen molar-refractivity contribution in [2.45, 2.75) is 12.8 Å². The SMILES string of the molecule is O=C(C1CC1)n1c2cncc(c2)c2cnc3[nH]nc(c4nc5c(ccnc5c5ccc1s5)[nH]4)c3c2. The molecule has 0 amide bonds. The molecule has 10 heteroatoms. The van der Waals surface area contributed by atoms with Gasteiger partial charge in [-0.1, -0.05) is 0 Å². The summed E-state index contributed by atoms with van der Waals surface area (Å²) in [5, 5.41) is 10.1. The first-order chi connectivity index (χ1) is 17.2. The molecule has 7 aromatic heterocycles. The monoisotopic (exact) mass is 476 g/mol. The van der Waals surface area contributed by atoms with E-state index >= 15 is 0 Å². The second kappa shape index (κ2) is 6.80. The summed E-state index contributed by atoms with van der Waals surface area (Å²) in [5.74, 6) is 0.147. The van der Waals surface area contributed by atoms with Crippen LogP contribution in [0.4, 0.5) is 0 Å². The van der Waals surface area contributed by atoms with Crippen molar-refractivity contribution in [3.63, 3.8) is 0 Å². The van der Waals surface area contributed by atoms with E-state index in [9.17, 15) is 4.79 Å². The van der Waals surface area contributed by atoms with Crippen molar-refractivity contribution >= 4 is 81.8 Å². The number of hydrogen-bond donors (Lipinski definition) is 2. The number of fused-ring (bicyclic) bond motifs is 9. The number of thiophene rings is 1. The Morgan fingerprint density at radius 1 is 0.971 bits per heavy atom. The van der Waals surface area contributed by atoms with Gasteiger partial charge < -0.3 is 4.98 Å². The Kier molecular flexibility index (Phi) is 3.68. The van der Waals surface area contributed by atoms with Crippen LogP contribution < -0.4 is 0 Å². The maximum atomic E-state index is 13.5. The topological polar surface area (TPSA) is 118 Å². The van der Waals surface area contributed by atoms with Crippen LogP contribution in [0.3, 0.4) is 0 Å². The zero-order valence-electron chi connectivity index (χ0n) is 18.2. The fraction of sp³-hybridized carbons (Fsp3) is 0.120. The van der Waals surface area contributed by atoms with Gasteiger partial charge in [0, 0.05) is 35.3 Å². The van der Waals surface area contributed by atoms with Crippen molar-refractivity contribution in [3.05, 3.63) is 55.1 Å². The molecule has 7 heterocycles. The lowest BCUT2D eigenvalue weighted by atomic mass is 10.2. The van der Waals surface area contributed by atoms with Crippen LogP contribution in [0, 0.1) is 5.92 Å². The number of pyridine rings is 3. The molecule has 35 heavy (non-hydrogen) atoms. The predicted octanol–water partition coefficient (Wildman–Crippen LogP) is 5.27. The van der Waals surface area contributed by atoms with Gasteiger partial charge in [0.2, 0.25) is 5.91 Å². The molecular formula is C25H16N8OS. The number of imidazole rings is 1. The molecule has 1 saturated carbocycles. The first-order valence-corrected chi connectivity index (χ1v) is 12.1. The molecular weight excluding hydrogens is 460 g/mol. The Balaban J connectivity index is 1.65. The predicted molar refractivity (Wildman–Crippen MR) is 136 cm³/mol. The minimum absolute atomic E-state index is 0.0493. The smallest absolute Gasteiger partial charge is 0.235 e. The van der Waals surface area contributed by atoms with E-state index in [4.69, 9.17) is 4.98 Å². The molecule has 8 bridgehead atoms. The maximum absolute atomic E-state index is 13.5. The highest BCUT2D eigenvalue weighted by atomic mass is 32.1. The summed E-state index contributed by atoms with van der Waals surface area (Å²) in [4.78, 5) is 36.3. The van der Waals surface area contributed by atoms with Crippen molar-refractivity contribution < 1.29 is 4.79 Å². The van der Waals surface area contributed by atoms with Crippen LogP contribution >= 0.6 is 11.3 Å². The maximum Gasteiger partial charge on any atom is 0.235 e. The Morgan fingerprint density at radius 2 is 1.89 bits per heavy atom. The molecule has 0 saturated heterocycles. The van der Waals surface area contributed by atoms with E-state index < -0.39 is 0 Å². The number of hydrogen-bond acceptors (Lipinski definition) is 7. The van der Waals surface area contributed by atoms with Gasteiger partial charge in [-0.05, 0) is 43.2 Å².